The highest BCUT2D eigenvalue weighted by Crippen LogP contribution is 2.25. The summed E-state index contributed by atoms with van der Waals surface area (Å²) < 4.78 is 5.24. The van der Waals surface area contributed by atoms with Gasteiger partial charge in [-0.05, 0) is 12.1 Å². The zero-order valence-electron chi connectivity index (χ0n) is 11.6. The number of nitrogens with zero attached hydrogens (tertiary/aromatic N) is 1. The quantitative estimate of drug-likeness (QED) is 0.878. The van der Waals surface area contributed by atoms with Crippen molar-refractivity contribution in [1.82, 2.24) is 10.3 Å². The van der Waals surface area contributed by atoms with Gasteiger partial charge in [0.25, 0.3) is 0 Å². The molecule has 0 radical (unpaired) electrons. The second-order valence-corrected chi connectivity index (χ2v) is 5.66. The van der Waals surface area contributed by atoms with Crippen molar-refractivity contribution in [2.45, 2.75) is 26.3 Å². The van der Waals surface area contributed by atoms with Gasteiger partial charge >= 0.3 is 0 Å². The molecule has 0 spiro atoms. The minimum absolute atomic E-state index is 0.526. The monoisotopic (exact) mass is 276 g/mol. The lowest BCUT2D eigenvalue weighted by atomic mass is 10.2. The Morgan fingerprint density at radius 2 is 2.21 bits per heavy atom. The Labute approximate surface area is 118 Å². The van der Waals surface area contributed by atoms with E-state index in [9.17, 15) is 0 Å². The third-order valence-electron chi connectivity index (χ3n) is 2.81. The summed E-state index contributed by atoms with van der Waals surface area (Å²) in [6, 6.07) is 8.55. The van der Waals surface area contributed by atoms with Crippen molar-refractivity contribution in [3.8, 4) is 17.0 Å². The molecule has 2 aromatic rings. The maximum absolute atomic E-state index is 5.24. The zero-order valence-corrected chi connectivity index (χ0v) is 12.5. The number of hydrogen-bond acceptors (Lipinski definition) is 4. The van der Waals surface area contributed by atoms with Crippen molar-refractivity contribution in [2.75, 3.05) is 13.7 Å². The molecule has 3 nitrogen and oxygen atoms in total. The molecule has 0 saturated carbocycles. The lowest BCUT2D eigenvalue weighted by Gasteiger charge is -2.05. The van der Waals surface area contributed by atoms with Gasteiger partial charge in [-0.2, -0.15) is 0 Å². The van der Waals surface area contributed by atoms with Crippen molar-refractivity contribution >= 4 is 11.3 Å². The van der Waals surface area contributed by atoms with E-state index in [4.69, 9.17) is 4.74 Å². The van der Waals surface area contributed by atoms with Crippen molar-refractivity contribution in [1.29, 1.82) is 0 Å². The molecule has 0 aliphatic carbocycles. The molecule has 0 aliphatic rings. The first-order valence-electron chi connectivity index (χ1n) is 6.51. The van der Waals surface area contributed by atoms with E-state index in [1.807, 2.05) is 18.2 Å². The van der Waals surface area contributed by atoms with Gasteiger partial charge in [0.1, 0.15) is 5.75 Å². The number of aromatic nitrogens is 1. The van der Waals surface area contributed by atoms with E-state index < -0.39 is 0 Å². The van der Waals surface area contributed by atoms with E-state index >= 15 is 0 Å². The van der Waals surface area contributed by atoms with Gasteiger partial charge in [-0.15, -0.1) is 11.3 Å². The van der Waals surface area contributed by atoms with Crippen molar-refractivity contribution in [3.05, 3.63) is 34.7 Å². The fourth-order valence-corrected chi connectivity index (χ4v) is 2.62. The molecular weight excluding hydrogens is 256 g/mol. The molecule has 19 heavy (non-hydrogen) atoms. The third-order valence-corrected chi connectivity index (χ3v) is 3.72. The summed E-state index contributed by atoms with van der Waals surface area (Å²) in [5, 5.41) is 6.69. The lowest BCUT2D eigenvalue weighted by Crippen LogP contribution is -2.24. The van der Waals surface area contributed by atoms with E-state index in [-0.39, 0.29) is 0 Å². The highest BCUT2D eigenvalue weighted by Gasteiger charge is 2.05. The maximum atomic E-state index is 5.24. The molecule has 0 atom stereocenters. The Morgan fingerprint density at radius 3 is 2.95 bits per heavy atom. The van der Waals surface area contributed by atoms with Crippen LogP contribution in [0.2, 0.25) is 0 Å². The summed E-state index contributed by atoms with van der Waals surface area (Å²) in [4.78, 5) is 4.68. The van der Waals surface area contributed by atoms with Gasteiger partial charge in [0.15, 0.2) is 0 Å². The van der Waals surface area contributed by atoms with Gasteiger partial charge in [0.05, 0.1) is 17.8 Å². The second-order valence-electron chi connectivity index (χ2n) is 4.72. The lowest BCUT2D eigenvalue weighted by molar-refractivity contribution is 0.415. The molecule has 102 valence electrons. The van der Waals surface area contributed by atoms with Crippen LogP contribution in [0.3, 0.4) is 0 Å². The Morgan fingerprint density at radius 1 is 1.37 bits per heavy atom. The predicted molar refractivity (Wildman–Crippen MR) is 80.9 cm³/mol. The summed E-state index contributed by atoms with van der Waals surface area (Å²) in [5.41, 5.74) is 2.14. The Bertz CT molecular complexity index is 522. The van der Waals surface area contributed by atoms with Crippen LogP contribution in [0.5, 0.6) is 5.75 Å². The number of rotatable bonds is 6. The van der Waals surface area contributed by atoms with Gasteiger partial charge in [0.2, 0.25) is 0 Å². The van der Waals surface area contributed by atoms with Crippen molar-refractivity contribution < 1.29 is 4.74 Å². The number of hydrogen-bond donors (Lipinski definition) is 1. The Hall–Kier alpha value is -1.39. The smallest absolute Gasteiger partial charge is 0.119 e. The highest BCUT2D eigenvalue weighted by molar-refractivity contribution is 7.09. The Balaban J connectivity index is 2.03. The summed E-state index contributed by atoms with van der Waals surface area (Å²) in [7, 11) is 1.68. The van der Waals surface area contributed by atoms with Gasteiger partial charge in [-0.3, -0.25) is 0 Å². The zero-order chi connectivity index (χ0) is 13.7. The molecule has 0 amide bonds. The molecule has 0 fully saturated rings. The number of methoxy groups -OCH3 is 1. The van der Waals surface area contributed by atoms with E-state index in [1.54, 1.807) is 18.4 Å². The molecule has 0 unspecified atom stereocenters. The first-order valence-corrected chi connectivity index (χ1v) is 7.39. The van der Waals surface area contributed by atoms with Crippen LogP contribution in [0.15, 0.2) is 29.6 Å². The Kier molecular flexibility index (Phi) is 4.93. The van der Waals surface area contributed by atoms with Gasteiger partial charge < -0.3 is 10.1 Å². The van der Waals surface area contributed by atoms with E-state index in [1.165, 1.54) is 5.01 Å². The van der Waals surface area contributed by atoms with Crippen LogP contribution in [-0.4, -0.2) is 24.7 Å². The average Bonchev–Trinajstić information content (AvgIpc) is 2.87. The normalized spacial score (nSPS) is 10.9. The first kappa shape index (κ1) is 14.0. The summed E-state index contributed by atoms with van der Waals surface area (Å²) in [5.74, 6) is 0.869. The van der Waals surface area contributed by atoms with Crippen LogP contribution in [-0.2, 0) is 6.42 Å². The standard InChI is InChI=1S/C15H20N2OS/c1-11(2)16-8-7-15-17-14(10-19-15)12-5-4-6-13(9-12)18-3/h4-6,9-11,16H,7-8H2,1-3H3. The van der Waals surface area contributed by atoms with Crippen LogP contribution in [0.1, 0.15) is 18.9 Å². The topological polar surface area (TPSA) is 34.1 Å². The summed E-state index contributed by atoms with van der Waals surface area (Å²) >= 11 is 1.72. The summed E-state index contributed by atoms with van der Waals surface area (Å²) in [6.07, 6.45) is 0.979. The fourth-order valence-electron chi connectivity index (χ4n) is 1.81. The van der Waals surface area contributed by atoms with E-state index in [0.29, 0.717) is 6.04 Å². The number of nitrogens with one attached hydrogen (secondary N) is 1. The van der Waals surface area contributed by atoms with Crippen LogP contribution >= 0.6 is 11.3 Å². The van der Waals surface area contributed by atoms with E-state index in [0.717, 1.165) is 30.0 Å². The molecule has 1 N–H and O–H groups in total. The van der Waals surface area contributed by atoms with Gasteiger partial charge in [-0.25, -0.2) is 4.98 Å². The molecule has 4 heteroatoms. The first-order chi connectivity index (χ1) is 9.19. The van der Waals surface area contributed by atoms with Gasteiger partial charge in [0, 0.05) is 30.0 Å². The molecular formula is C15H20N2OS. The summed E-state index contributed by atoms with van der Waals surface area (Å²) in [6.45, 7) is 5.29. The molecule has 0 aliphatic heterocycles. The molecule has 2 rings (SSSR count). The molecule has 0 saturated heterocycles. The predicted octanol–water partition coefficient (Wildman–Crippen LogP) is 3.36. The number of benzene rings is 1. The third kappa shape index (κ3) is 4.04. The van der Waals surface area contributed by atoms with E-state index in [2.05, 4.69) is 35.6 Å². The number of ether oxygens (including phenoxy) is 1. The van der Waals surface area contributed by atoms with Crippen molar-refractivity contribution in [2.24, 2.45) is 0 Å². The maximum Gasteiger partial charge on any atom is 0.119 e. The van der Waals surface area contributed by atoms with Crippen molar-refractivity contribution in [3.63, 3.8) is 0 Å². The molecule has 0 bridgehead atoms. The van der Waals surface area contributed by atoms with Gasteiger partial charge in [-0.1, -0.05) is 26.0 Å². The average molecular weight is 276 g/mol. The number of thiazole rings is 1. The van der Waals surface area contributed by atoms with Crippen LogP contribution < -0.4 is 10.1 Å². The minimum atomic E-state index is 0.526. The van der Waals surface area contributed by atoms with Crippen LogP contribution in [0.25, 0.3) is 11.3 Å². The largest absolute Gasteiger partial charge is 0.497 e. The second kappa shape index (κ2) is 6.68. The molecule has 1 aromatic carbocycles. The minimum Gasteiger partial charge on any atom is -0.497 e. The van der Waals surface area contributed by atoms with Crippen LogP contribution in [0.4, 0.5) is 0 Å². The highest BCUT2D eigenvalue weighted by atomic mass is 32.1. The molecule has 1 heterocycles. The SMILES string of the molecule is COc1cccc(-c2csc(CCNC(C)C)n2)c1. The molecule has 1 aromatic heterocycles. The van der Waals surface area contributed by atoms with Crippen LogP contribution in [0, 0.1) is 0 Å². The fraction of sp³-hybridized carbons (Fsp3) is 0.400.